The Kier molecular flexibility index (Phi) is 6.98. The molecule has 0 amide bonds. The van der Waals surface area contributed by atoms with E-state index in [0.717, 1.165) is 39.2 Å². The van der Waals surface area contributed by atoms with Gasteiger partial charge >= 0.3 is 0 Å². The molecular formula is C30H32N6O3. The highest BCUT2D eigenvalue weighted by molar-refractivity contribution is 6.12. The second-order valence-corrected chi connectivity index (χ2v) is 9.93. The molecule has 5 aromatic rings. The van der Waals surface area contributed by atoms with Gasteiger partial charge in [-0.2, -0.15) is 5.10 Å². The fourth-order valence-corrected chi connectivity index (χ4v) is 4.31. The standard InChI is InChI=1S/C30H32N6O3/c1-17(2)16-38-27-12-20-11-24(35-22(20)13-23(27)32-5)29(37)21-14-34-36(30(21)31)25-15-33-28(10-19(25)4)39-26-9-7-6-8-18(26)3/h6-15,17,32,35H,16,31H2,1-5H3. The van der Waals surface area contributed by atoms with Gasteiger partial charge in [-0.1, -0.05) is 32.0 Å². The monoisotopic (exact) mass is 524 g/mol. The number of hydrogen-bond donors (Lipinski definition) is 3. The number of nitrogen functional groups attached to an aromatic ring is 1. The highest BCUT2D eigenvalue weighted by atomic mass is 16.5. The first kappa shape index (κ1) is 25.8. The summed E-state index contributed by atoms with van der Waals surface area (Å²) in [6.45, 7) is 8.69. The third kappa shape index (κ3) is 5.16. The number of benzene rings is 2. The summed E-state index contributed by atoms with van der Waals surface area (Å²) in [5, 5.41) is 8.43. The van der Waals surface area contributed by atoms with E-state index in [2.05, 4.69) is 34.2 Å². The third-order valence-corrected chi connectivity index (χ3v) is 6.45. The van der Waals surface area contributed by atoms with Crippen molar-refractivity contribution in [3.8, 4) is 23.1 Å². The summed E-state index contributed by atoms with van der Waals surface area (Å²) >= 11 is 0. The molecular weight excluding hydrogens is 492 g/mol. The molecule has 0 fully saturated rings. The van der Waals surface area contributed by atoms with Crippen LogP contribution in [0.15, 0.2) is 60.9 Å². The number of aryl methyl sites for hydroxylation is 2. The number of carbonyl (C=O) groups excluding carboxylic acids is 1. The Morgan fingerprint density at radius 1 is 1.08 bits per heavy atom. The van der Waals surface area contributed by atoms with Crippen molar-refractivity contribution in [3.63, 3.8) is 0 Å². The summed E-state index contributed by atoms with van der Waals surface area (Å²) in [4.78, 5) is 21.1. The average Bonchev–Trinajstić information content (AvgIpc) is 3.51. The third-order valence-electron chi connectivity index (χ3n) is 6.45. The first-order valence-corrected chi connectivity index (χ1v) is 12.8. The quantitative estimate of drug-likeness (QED) is 0.201. The van der Waals surface area contributed by atoms with Crippen LogP contribution in [0.5, 0.6) is 17.4 Å². The number of aromatic amines is 1. The van der Waals surface area contributed by atoms with E-state index in [-0.39, 0.29) is 11.6 Å². The molecule has 0 atom stereocenters. The zero-order valence-electron chi connectivity index (χ0n) is 22.7. The number of ketones is 1. The lowest BCUT2D eigenvalue weighted by atomic mass is 10.1. The Morgan fingerprint density at radius 2 is 1.87 bits per heavy atom. The average molecular weight is 525 g/mol. The molecule has 39 heavy (non-hydrogen) atoms. The lowest BCUT2D eigenvalue weighted by Crippen LogP contribution is -2.09. The van der Waals surface area contributed by atoms with E-state index in [0.29, 0.717) is 35.3 Å². The molecule has 200 valence electrons. The predicted molar refractivity (Wildman–Crippen MR) is 153 cm³/mol. The number of anilines is 2. The van der Waals surface area contributed by atoms with E-state index in [9.17, 15) is 4.79 Å². The Bertz CT molecular complexity index is 1670. The van der Waals surface area contributed by atoms with Crippen LogP contribution in [0.25, 0.3) is 16.6 Å². The van der Waals surface area contributed by atoms with Gasteiger partial charge < -0.3 is 25.5 Å². The molecule has 4 N–H and O–H groups in total. The van der Waals surface area contributed by atoms with Gasteiger partial charge in [0.1, 0.15) is 17.3 Å². The van der Waals surface area contributed by atoms with Crippen molar-refractivity contribution in [1.29, 1.82) is 0 Å². The Hall–Kier alpha value is -4.79. The van der Waals surface area contributed by atoms with Gasteiger partial charge in [0.15, 0.2) is 0 Å². The van der Waals surface area contributed by atoms with Crippen molar-refractivity contribution < 1.29 is 14.3 Å². The van der Waals surface area contributed by atoms with E-state index >= 15 is 0 Å². The van der Waals surface area contributed by atoms with Crippen molar-refractivity contribution in [1.82, 2.24) is 19.7 Å². The molecule has 9 nitrogen and oxygen atoms in total. The fraction of sp³-hybridized carbons (Fsp3) is 0.233. The number of nitrogens with one attached hydrogen (secondary N) is 2. The molecule has 0 saturated heterocycles. The minimum Gasteiger partial charge on any atom is -0.491 e. The van der Waals surface area contributed by atoms with Crippen LogP contribution >= 0.6 is 0 Å². The molecule has 5 rings (SSSR count). The zero-order valence-corrected chi connectivity index (χ0v) is 22.7. The van der Waals surface area contributed by atoms with Crippen molar-refractivity contribution in [2.24, 2.45) is 5.92 Å². The van der Waals surface area contributed by atoms with Crippen LogP contribution in [0, 0.1) is 19.8 Å². The first-order valence-electron chi connectivity index (χ1n) is 12.8. The lowest BCUT2D eigenvalue weighted by molar-refractivity contribution is 0.103. The van der Waals surface area contributed by atoms with Crippen molar-refractivity contribution in [3.05, 3.63) is 83.3 Å². The van der Waals surface area contributed by atoms with Gasteiger partial charge in [0.25, 0.3) is 0 Å². The molecule has 0 radical (unpaired) electrons. The smallest absolute Gasteiger partial charge is 0.219 e. The number of carbonyl (C=O) groups is 1. The summed E-state index contributed by atoms with van der Waals surface area (Å²) in [6.07, 6.45) is 3.12. The number of nitrogens with two attached hydrogens (primary N) is 1. The van der Waals surface area contributed by atoms with Crippen LogP contribution in [-0.2, 0) is 0 Å². The maximum Gasteiger partial charge on any atom is 0.219 e. The molecule has 0 aliphatic carbocycles. The molecule has 0 aliphatic heterocycles. The molecule has 9 heteroatoms. The SMILES string of the molecule is CNc1cc2[nH]c(C(=O)c3cnn(-c4cnc(Oc5ccccc5C)cc4C)c3N)cc2cc1OCC(C)C. The molecule has 0 saturated carbocycles. The molecule has 3 aromatic heterocycles. The molecule has 0 bridgehead atoms. The van der Waals surface area contributed by atoms with Crippen molar-refractivity contribution in [2.75, 3.05) is 24.7 Å². The van der Waals surface area contributed by atoms with Crippen LogP contribution in [-0.4, -0.2) is 39.2 Å². The van der Waals surface area contributed by atoms with E-state index in [4.69, 9.17) is 15.2 Å². The summed E-state index contributed by atoms with van der Waals surface area (Å²) in [6, 6.07) is 15.2. The number of fused-ring (bicyclic) bond motifs is 1. The highest BCUT2D eigenvalue weighted by Gasteiger charge is 2.21. The Balaban J connectivity index is 1.41. The Labute approximate surface area is 227 Å². The summed E-state index contributed by atoms with van der Waals surface area (Å²) in [5.41, 5.74) is 11.3. The van der Waals surface area contributed by atoms with Crippen molar-refractivity contribution >= 4 is 28.2 Å². The molecule has 3 heterocycles. The van der Waals surface area contributed by atoms with Gasteiger partial charge in [-0.3, -0.25) is 4.79 Å². The number of ether oxygens (including phenoxy) is 2. The second kappa shape index (κ2) is 10.5. The summed E-state index contributed by atoms with van der Waals surface area (Å²) in [7, 11) is 1.84. The lowest BCUT2D eigenvalue weighted by Gasteiger charge is -2.13. The number of nitrogens with zero attached hydrogens (tertiary/aromatic N) is 3. The van der Waals surface area contributed by atoms with Crippen LogP contribution in [0.4, 0.5) is 11.5 Å². The maximum atomic E-state index is 13.5. The number of pyridine rings is 1. The van der Waals surface area contributed by atoms with E-state index < -0.39 is 0 Å². The molecule has 0 unspecified atom stereocenters. The normalized spacial score (nSPS) is 11.2. The Morgan fingerprint density at radius 3 is 2.59 bits per heavy atom. The minimum absolute atomic E-state index is 0.230. The predicted octanol–water partition coefficient (Wildman–Crippen LogP) is 6.05. The fourth-order valence-electron chi connectivity index (χ4n) is 4.31. The molecule has 0 aliphatic rings. The van der Waals surface area contributed by atoms with Crippen LogP contribution < -0.4 is 20.5 Å². The van der Waals surface area contributed by atoms with Gasteiger partial charge in [-0.15, -0.1) is 0 Å². The largest absolute Gasteiger partial charge is 0.491 e. The van der Waals surface area contributed by atoms with Gasteiger partial charge in [-0.25, -0.2) is 9.67 Å². The van der Waals surface area contributed by atoms with E-state index in [1.54, 1.807) is 12.3 Å². The topological polar surface area (TPSA) is 120 Å². The van der Waals surface area contributed by atoms with Crippen LogP contribution in [0.2, 0.25) is 0 Å². The van der Waals surface area contributed by atoms with Gasteiger partial charge in [0, 0.05) is 24.0 Å². The number of hydrogen-bond acceptors (Lipinski definition) is 7. The minimum atomic E-state index is -0.254. The van der Waals surface area contributed by atoms with Gasteiger partial charge in [0.05, 0.1) is 41.6 Å². The van der Waals surface area contributed by atoms with Crippen molar-refractivity contribution in [2.45, 2.75) is 27.7 Å². The number of H-pyrrole nitrogens is 1. The van der Waals surface area contributed by atoms with Crippen LogP contribution in [0.3, 0.4) is 0 Å². The summed E-state index contributed by atoms with van der Waals surface area (Å²) < 4.78 is 13.4. The zero-order chi connectivity index (χ0) is 27.7. The number of aromatic nitrogens is 4. The molecule has 0 spiro atoms. The second-order valence-electron chi connectivity index (χ2n) is 9.93. The van der Waals surface area contributed by atoms with Gasteiger partial charge in [0.2, 0.25) is 11.7 Å². The molecule has 2 aromatic carbocycles. The number of rotatable bonds is 9. The van der Waals surface area contributed by atoms with Crippen LogP contribution in [0.1, 0.15) is 41.0 Å². The van der Waals surface area contributed by atoms with Gasteiger partial charge in [-0.05, 0) is 55.2 Å². The van der Waals surface area contributed by atoms with E-state index in [1.807, 2.05) is 63.4 Å². The first-order chi connectivity index (χ1) is 18.7. The van der Waals surface area contributed by atoms with E-state index in [1.165, 1.54) is 10.9 Å². The number of para-hydroxylation sites is 1. The maximum absolute atomic E-state index is 13.5. The highest BCUT2D eigenvalue weighted by Crippen LogP contribution is 2.32. The summed E-state index contributed by atoms with van der Waals surface area (Å²) in [5.74, 6) is 2.31.